The van der Waals surface area contributed by atoms with Crippen molar-refractivity contribution in [3.63, 3.8) is 0 Å². The summed E-state index contributed by atoms with van der Waals surface area (Å²) in [6.45, 7) is 3.60. The number of nitrogens with zero attached hydrogens (tertiary/aromatic N) is 1. The second-order valence-corrected chi connectivity index (χ2v) is 4.28. The third kappa shape index (κ3) is 2.55. The Morgan fingerprint density at radius 3 is 2.39 bits per heavy atom. The van der Waals surface area contributed by atoms with E-state index in [0.29, 0.717) is 12.1 Å². The van der Waals surface area contributed by atoms with E-state index in [4.69, 9.17) is 0 Å². The van der Waals surface area contributed by atoms with Crippen LogP contribution in [-0.4, -0.2) is 4.98 Å². The van der Waals surface area contributed by atoms with Crippen molar-refractivity contribution in [3.8, 4) is 0 Å². The van der Waals surface area contributed by atoms with Crippen LogP contribution in [0, 0.1) is 18.6 Å². The maximum absolute atomic E-state index is 13.6. The molecule has 0 aliphatic heterocycles. The fourth-order valence-corrected chi connectivity index (χ4v) is 1.99. The highest BCUT2D eigenvalue weighted by Crippen LogP contribution is 2.17. The minimum Gasteiger partial charge on any atom is -0.252 e. The molecular weight excluding hydrogens is 232 g/mol. The van der Waals surface area contributed by atoms with Gasteiger partial charge in [0.15, 0.2) is 0 Å². The van der Waals surface area contributed by atoms with Crippen molar-refractivity contribution in [3.05, 3.63) is 64.5 Å². The van der Waals surface area contributed by atoms with Gasteiger partial charge in [0.25, 0.3) is 0 Å². The summed E-state index contributed by atoms with van der Waals surface area (Å²) in [6.07, 6.45) is 1.29. The molecule has 0 saturated heterocycles. The van der Waals surface area contributed by atoms with Crippen molar-refractivity contribution in [2.45, 2.75) is 26.7 Å². The highest BCUT2D eigenvalue weighted by Gasteiger charge is 2.11. The molecule has 0 unspecified atom stereocenters. The first-order chi connectivity index (χ1) is 8.61. The van der Waals surface area contributed by atoms with E-state index in [1.165, 1.54) is 5.56 Å². The van der Waals surface area contributed by atoms with E-state index in [0.717, 1.165) is 18.1 Å². The minimum absolute atomic E-state index is 0.236. The summed E-state index contributed by atoms with van der Waals surface area (Å²) in [4.78, 5) is 3.99. The zero-order chi connectivity index (χ0) is 13.1. The molecule has 1 nitrogen and oxygen atoms in total. The number of benzene rings is 1. The molecule has 0 aliphatic rings. The Labute approximate surface area is 105 Å². The monoisotopic (exact) mass is 247 g/mol. The molecular formula is C15H15F2N. The Balaban J connectivity index is 2.37. The summed E-state index contributed by atoms with van der Waals surface area (Å²) in [6, 6.07) is 8.76. The third-order valence-electron chi connectivity index (χ3n) is 3.03. The van der Waals surface area contributed by atoms with E-state index in [1.807, 2.05) is 24.3 Å². The Hall–Kier alpha value is -1.77. The Kier molecular flexibility index (Phi) is 3.70. The van der Waals surface area contributed by atoms with Crippen LogP contribution in [0.2, 0.25) is 0 Å². The lowest BCUT2D eigenvalue weighted by Crippen LogP contribution is -2.03. The molecule has 3 heteroatoms. The van der Waals surface area contributed by atoms with Gasteiger partial charge in [-0.3, -0.25) is 4.98 Å². The van der Waals surface area contributed by atoms with E-state index in [1.54, 1.807) is 6.92 Å². The minimum atomic E-state index is -0.597. The van der Waals surface area contributed by atoms with E-state index in [9.17, 15) is 8.78 Å². The normalized spacial score (nSPS) is 10.7. The molecule has 1 aromatic heterocycles. The highest BCUT2D eigenvalue weighted by atomic mass is 19.1. The van der Waals surface area contributed by atoms with Gasteiger partial charge in [-0.2, -0.15) is 0 Å². The first kappa shape index (κ1) is 12.7. The van der Waals surface area contributed by atoms with Crippen LogP contribution in [0.3, 0.4) is 0 Å². The SMILES string of the molecule is CCc1ccccc1Cc1nc(C)c(F)cc1F. The van der Waals surface area contributed by atoms with Gasteiger partial charge in [0.2, 0.25) is 0 Å². The van der Waals surface area contributed by atoms with Crippen molar-refractivity contribution in [2.75, 3.05) is 0 Å². The Morgan fingerprint density at radius 1 is 1.06 bits per heavy atom. The fraction of sp³-hybridized carbons (Fsp3) is 0.267. The second-order valence-electron chi connectivity index (χ2n) is 4.28. The average Bonchev–Trinajstić information content (AvgIpc) is 2.36. The smallest absolute Gasteiger partial charge is 0.147 e. The largest absolute Gasteiger partial charge is 0.252 e. The molecule has 1 aromatic carbocycles. The first-order valence-electron chi connectivity index (χ1n) is 6.00. The van der Waals surface area contributed by atoms with E-state index in [2.05, 4.69) is 11.9 Å². The summed E-state index contributed by atoms with van der Waals surface area (Å²) in [7, 11) is 0. The maximum atomic E-state index is 13.6. The summed E-state index contributed by atoms with van der Waals surface area (Å²) >= 11 is 0. The molecule has 0 bridgehead atoms. The number of aryl methyl sites for hydroxylation is 2. The van der Waals surface area contributed by atoms with Crippen molar-refractivity contribution < 1.29 is 8.78 Å². The molecule has 94 valence electrons. The molecule has 0 aliphatic carbocycles. The van der Waals surface area contributed by atoms with Crippen LogP contribution in [0.4, 0.5) is 8.78 Å². The van der Waals surface area contributed by atoms with Gasteiger partial charge in [-0.15, -0.1) is 0 Å². The van der Waals surface area contributed by atoms with Crippen molar-refractivity contribution in [2.24, 2.45) is 0 Å². The number of hydrogen-bond acceptors (Lipinski definition) is 1. The molecule has 0 fully saturated rings. The van der Waals surface area contributed by atoms with Crippen LogP contribution < -0.4 is 0 Å². The summed E-state index contributed by atoms with van der Waals surface area (Å²) < 4.78 is 26.8. The molecule has 0 spiro atoms. The van der Waals surface area contributed by atoms with E-state index >= 15 is 0 Å². The predicted molar refractivity (Wildman–Crippen MR) is 67.5 cm³/mol. The summed E-state index contributed by atoms with van der Waals surface area (Å²) in [5.74, 6) is -1.18. The van der Waals surface area contributed by atoms with Crippen LogP contribution in [0.25, 0.3) is 0 Å². The van der Waals surface area contributed by atoms with Crippen LogP contribution in [0.1, 0.15) is 29.4 Å². The number of rotatable bonds is 3. The quantitative estimate of drug-likeness (QED) is 0.803. The molecule has 0 atom stereocenters. The molecule has 2 aromatic rings. The van der Waals surface area contributed by atoms with Gasteiger partial charge in [-0.05, 0) is 24.5 Å². The fourth-order valence-electron chi connectivity index (χ4n) is 1.99. The molecule has 0 amide bonds. The number of aromatic nitrogens is 1. The third-order valence-corrected chi connectivity index (χ3v) is 3.03. The average molecular weight is 247 g/mol. The predicted octanol–water partition coefficient (Wildman–Crippen LogP) is 3.82. The molecule has 1 heterocycles. The van der Waals surface area contributed by atoms with Gasteiger partial charge in [0.1, 0.15) is 11.6 Å². The van der Waals surface area contributed by atoms with E-state index < -0.39 is 11.6 Å². The zero-order valence-electron chi connectivity index (χ0n) is 10.5. The second kappa shape index (κ2) is 5.25. The molecule has 0 N–H and O–H groups in total. The Bertz CT molecular complexity index is 564. The van der Waals surface area contributed by atoms with Crippen molar-refractivity contribution >= 4 is 0 Å². The van der Waals surface area contributed by atoms with Gasteiger partial charge >= 0.3 is 0 Å². The molecule has 18 heavy (non-hydrogen) atoms. The number of halogens is 2. The number of pyridine rings is 1. The van der Waals surface area contributed by atoms with Crippen LogP contribution in [-0.2, 0) is 12.8 Å². The van der Waals surface area contributed by atoms with Crippen LogP contribution >= 0.6 is 0 Å². The van der Waals surface area contributed by atoms with Crippen LogP contribution in [0.15, 0.2) is 30.3 Å². The van der Waals surface area contributed by atoms with Crippen LogP contribution in [0.5, 0.6) is 0 Å². The Morgan fingerprint density at radius 2 is 1.72 bits per heavy atom. The van der Waals surface area contributed by atoms with Crippen molar-refractivity contribution in [1.29, 1.82) is 0 Å². The van der Waals surface area contributed by atoms with E-state index in [-0.39, 0.29) is 5.69 Å². The van der Waals surface area contributed by atoms with Gasteiger partial charge in [-0.25, -0.2) is 8.78 Å². The van der Waals surface area contributed by atoms with Gasteiger partial charge < -0.3 is 0 Å². The topological polar surface area (TPSA) is 12.9 Å². The summed E-state index contributed by atoms with van der Waals surface area (Å²) in [5, 5.41) is 0. The zero-order valence-corrected chi connectivity index (χ0v) is 10.5. The highest BCUT2D eigenvalue weighted by molar-refractivity contribution is 5.31. The molecule has 2 rings (SSSR count). The first-order valence-corrected chi connectivity index (χ1v) is 6.00. The summed E-state index contributed by atoms with van der Waals surface area (Å²) in [5.41, 5.74) is 2.74. The molecule has 0 saturated carbocycles. The number of hydrogen-bond donors (Lipinski definition) is 0. The maximum Gasteiger partial charge on any atom is 0.147 e. The van der Waals surface area contributed by atoms with Gasteiger partial charge in [-0.1, -0.05) is 31.2 Å². The lowest BCUT2D eigenvalue weighted by molar-refractivity contribution is 0.553. The molecule has 0 radical (unpaired) electrons. The van der Waals surface area contributed by atoms with Gasteiger partial charge in [0.05, 0.1) is 11.4 Å². The lowest BCUT2D eigenvalue weighted by Gasteiger charge is -2.09. The van der Waals surface area contributed by atoms with Gasteiger partial charge in [0, 0.05) is 12.5 Å². The standard InChI is InChI=1S/C15H15F2N/c1-3-11-6-4-5-7-12(11)8-15-14(17)9-13(16)10(2)18-15/h4-7,9H,3,8H2,1-2H3. The lowest BCUT2D eigenvalue weighted by atomic mass is 10.0. The van der Waals surface area contributed by atoms with Crippen molar-refractivity contribution in [1.82, 2.24) is 4.98 Å².